The Balaban J connectivity index is 0.000000142. The first kappa shape index (κ1) is 17.7. The first-order valence-corrected chi connectivity index (χ1v) is 10.3. The lowest BCUT2D eigenvalue weighted by Crippen LogP contribution is -2.02. The molecular weight excluding hydrogens is 354 g/mol. The third-order valence-electron chi connectivity index (χ3n) is 5.84. The van der Waals surface area contributed by atoms with Gasteiger partial charge in [-0.3, -0.25) is 4.98 Å². The van der Waals surface area contributed by atoms with E-state index in [4.69, 9.17) is 5.11 Å². The molecular formula is C27H23NO. The molecule has 1 N–H and O–H groups in total. The summed E-state index contributed by atoms with van der Waals surface area (Å²) in [6.45, 7) is 0. The third-order valence-corrected chi connectivity index (χ3v) is 5.84. The standard InChI is InChI=1S/C18H16.C9H7NO/c1-3-7-15-13(5-1)9-11-18-16-8-4-2-6-14(16)10-12-17(15)18;11-8-3-4-9-7(6-8)2-1-5-10-9/h1,3,5,7,9-12H,2,4,6,8H2;1-6,11H. The van der Waals surface area contributed by atoms with Crippen molar-refractivity contribution in [2.45, 2.75) is 25.7 Å². The summed E-state index contributed by atoms with van der Waals surface area (Å²) < 4.78 is 0. The molecule has 2 nitrogen and oxygen atoms in total. The molecule has 0 amide bonds. The van der Waals surface area contributed by atoms with Crippen molar-refractivity contribution in [3.63, 3.8) is 0 Å². The van der Waals surface area contributed by atoms with Crippen LogP contribution in [0.15, 0.2) is 85.1 Å². The van der Waals surface area contributed by atoms with Crippen molar-refractivity contribution in [1.82, 2.24) is 4.98 Å². The lowest BCUT2D eigenvalue weighted by Gasteiger charge is -2.18. The monoisotopic (exact) mass is 377 g/mol. The fraction of sp³-hybridized carbons (Fsp3) is 0.148. The van der Waals surface area contributed by atoms with E-state index in [1.165, 1.54) is 47.2 Å². The molecule has 0 saturated heterocycles. The molecule has 4 aromatic carbocycles. The summed E-state index contributed by atoms with van der Waals surface area (Å²) in [5.41, 5.74) is 4.08. The lowest BCUT2D eigenvalue weighted by atomic mass is 9.86. The topological polar surface area (TPSA) is 33.1 Å². The van der Waals surface area contributed by atoms with Gasteiger partial charge in [0, 0.05) is 11.6 Å². The number of aromatic nitrogens is 1. The van der Waals surface area contributed by atoms with Crippen molar-refractivity contribution in [3.05, 3.63) is 96.2 Å². The summed E-state index contributed by atoms with van der Waals surface area (Å²) in [4.78, 5) is 4.11. The molecule has 1 aromatic heterocycles. The molecule has 5 aromatic rings. The minimum Gasteiger partial charge on any atom is -0.508 e. The van der Waals surface area contributed by atoms with Crippen molar-refractivity contribution >= 4 is 32.4 Å². The van der Waals surface area contributed by atoms with Crippen LogP contribution in [-0.4, -0.2) is 10.1 Å². The van der Waals surface area contributed by atoms with Gasteiger partial charge in [-0.05, 0) is 82.6 Å². The normalized spacial score (nSPS) is 13.1. The maximum Gasteiger partial charge on any atom is 0.116 e. The van der Waals surface area contributed by atoms with Crippen LogP contribution in [0.4, 0.5) is 0 Å². The highest BCUT2D eigenvalue weighted by atomic mass is 16.3. The minimum absolute atomic E-state index is 0.283. The quantitative estimate of drug-likeness (QED) is 0.301. The van der Waals surface area contributed by atoms with Gasteiger partial charge in [0.05, 0.1) is 5.52 Å². The van der Waals surface area contributed by atoms with Crippen molar-refractivity contribution in [3.8, 4) is 5.75 Å². The summed E-state index contributed by atoms with van der Waals surface area (Å²) in [5.74, 6) is 0.283. The van der Waals surface area contributed by atoms with E-state index in [1.807, 2.05) is 12.1 Å². The molecule has 0 unspecified atom stereocenters. The predicted octanol–water partition coefficient (Wildman–Crippen LogP) is 6.81. The Kier molecular flexibility index (Phi) is 4.61. The Morgan fingerprint density at radius 3 is 2.45 bits per heavy atom. The van der Waals surface area contributed by atoms with Crippen LogP contribution < -0.4 is 0 Å². The minimum atomic E-state index is 0.283. The van der Waals surface area contributed by atoms with Crippen LogP contribution in [0, 0.1) is 0 Å². The summed E-state index contributed by atoms with van der Waals surface area (Å²) >= 11 is 0. The van der Waals surface area contributed by atoms with Crippen LogP contribution in [0.1, 0.15) is 24.0 Å². The van der Waals surface area contributed by atoms with Crippen LogP contribution in [0.5, 0.6) is 5.75 Å². The van der Waals surface area contributed by atoms with Gasteiger partial charge in [-0.15, -0.1) is 0 Å². The van der Waals surface area contributed by atoms with E-state index in [0.29, 0.717) is 0 Å². The van der Waals surface area contributed by atoms with Crippen molar-refractivity contribution in [2.75, 3.05) is 0 Å². The fourth-order valence-electron chi connectivity index (χ4n) is 4.41. The van der Waals surface area contributed by atoms with Gasteiger partial charge >= 0.3 is 0 Å². The molecule has 29 heavy (non-hydrogen) atoms. The van der Waals surface area contributed by atoms with Crippen molar-refractivity contribution < 1.29 is 5.11 Å². The Hall–Kier alpha value is -3.39. The third kappa shape index (κ3) is 3.42. The number of hydrogen-bond donors (Lipinski definition) is 1. The first-order chi connectivity index (χ1) is 14.3. The zero-order valence-electron chi connectivity index (χ0n) is 16.3. The molecule has 0 aliphatic heterocycles. The average Bonchev–Trinajstić information content (AvgIpc) is 2.79. The summed E-state index contributed by atoms with van der Waals surface area (Å²) in [7, 11) is 0. The van der Waals surface area contributed by atoms with Gasteiger partial charge in [-0.25, -0.2) is 0 Å². The van der Waals surface area contributed by atoms with Gasteiger partial charge in [0.1, 0.15) is 5.75 Å². The molecule has 1 aliphatic rings. The molecule has 1 aliphatic carbocycles. The number of nitrogens with zero attached hydrogens (tertiary/aromatic N) is 1. The zero-order valence-corrected chi connectivity index (χ0v) is 16.3. The SMILES string of the molecule is Oc1ccc2ncccc2c1.c1ccc2c(c1)ccc1c3c(ccc12)CCCC3. The Labute approximate surface area is 170 Å². The number of aromatic hydroxyl groups is 1. The lowest BCUT2D eigenvalue weighted by molar-refractivity contribution is 0.476. The van der Waals surface area contributed by atoms with E-state index in [9.17, 15) is 0 Å². The van der Waals surface area contributed by atoms with Crippen LogP contribution in [-0.2, 0) is 12.8 Å². The van der Waals surface area contributed by atoms with E-state index in [0.717, 1.165) is 10.9 Å². The number of hydrogen-bond acceptors (Lipinski definition) is 2. The van der Waals surface area contributed by atoms with Crippen molar-refractivity contribution in [1.29, 1.82) is 0 Å². The van der Waals surface area contributed by atoms with E-state index >= 15 is 0 Å². The van der Waals surface area contributed by atoms with E-state index < -0.39 is 0 Å². The average molecular weight is 377 g/mol. The van der Waals surface area contributed by atoms with E-state index in [2.05, 4.69) is 53.5 Å². The Morgan fingerprint density at radius 1 is 0.655 bits per heavy atom. The molecule has 0 bridgehead atoms. The highest BCUT2D eigenvalue weighted by molar-refractivity contribution is 6.08. The smallest absolute Gasteiger partial charge is 0.116 e. The predicted molar refractivity (Wildman–Crippen MR) is 122 cm³/mol. The number of phenolic OH excluding ortho intramolecular Hbond substituents is 1. The zero-order chi connectivity index (χ0) is 19.6. The highest BCUT2D eigenvalue weighted by Gasteiger charge is 2.13. The molecule has 0 fully saturated rings. The molecule has 6 rings (SSSR count). The molecule has 2 heteroatoms. The van der Waals surface area contributed by atoms with Gasteiger partial charge in [-0.1, -0.05) is 54.6 Å². The number of benzene rings is 4. The number of rotatable bonds is 0. The first-order valence-electron chi connectivity index (χ1n) is 10.3. The van der Waals surface area contributed by atoms with Gasteiger partial charge in [-0.2, -0.15) is 0 Å². The second kappa shape index (κ2) is 7.56. The summed E-state index contributed by atoms with van der Waals surface area (Å²) in [5, 5.41) is 15.7. The van der Waals surface area contributed by atoms with Crippen LogP contribution in [0.3, 0.4) is 0 Å². The van der Waals surface area contributed by atoms with Gasteiger partial charge < -0.3 is 5.11 Å². The summed E-state index contributed by atoms with van der Waals surface area (Å²) in [6.07, 6.45) is 6.95. The number of pyridine rings is 1. The van der Waals surface area contributed by atoms with Gasteiger partial charge in [0.25, 0.3) is 0 Å². The number of phenols is 1. The van der Waals surface area contributed by atoms with Crippen molar-refractivity contribution in [2.24, 2.45) is 0 Å². The molecule has 0 atom stereocenters. The maximum absolute atomic E-state index is 9.10. The Morgan fingerprint density at radius 2 is 1.48 bits per heavy atom. The maximum atomic E-state index is 9.10. The largest absolute Gasteiger partial charge is 0.508 e. The van der Waals surface area contributed by atoms with Crippen LogP contribution in [0.25, 0.3) is 32.4 Å². The molecule has 0 saturated carbocycles. The van der Waals surface area contributed by atoms with Gasteiger partial charge in [0.15, 0.2) is 0 Å². The highest BCUT2D eigenvalue weighted by Crippen LogP contribution is 2.33. The summed E-state index contributed by atoms with van der Waals surface area (Å²) in [6, 6.07) is 26.9. The molecule has 1 heterocycles. The van der Waals surface area contributed by atoms with Crippen LogP contribution in [0.2, 0.25) is 0 Å². The second-order valence-corrected chi connectivity index (χ2v) is 7.67. The van der Waals surface area contributed by atoms with E-state index in [1.54, 1.807) is 35.5 Å². The van der Waals surface area contributed by atoms with E-state index in [-0.39, 0.29) is 5.75 Å². The molecule has 0 spiro atoms. The second-order valence-electron chi connectivity index (χ2n) is 7.67. The number of aryl methyl sites for hydroxylation is 2. The molecule has 142 valence electrons. The van der Waals surface area contributed by atoms with Gasteiger partial charge in [0.2, 0.25) is 0 Å². The molecule has 0 radical (unpaired) electrons. The fourth-order valence-corrected chi connectivity index (χ4v) is 4.41. The Bertz CT molecular complexity index is 1320. The van der Waals surface area contributed by atoms with Crippen LogP contribution >= 0.6 is 0 Å². The number of fused-ring (bicyclic) bond motifs is 6.